The van der Waals surface area contributed by atoms with E-state index in [4.69, 9.17) is 11.6 Å². The number of rotatable bonds is 3. The van der Waals surface area contributed by atoms with E-state index in [0.717, 1.165) is 5.69 Å². The molecule has 22 heavy (non-hydrogen) atoms. The number of anilines is 2. The van der Waals surface area contributed by atoms with Gasteiger partial charge in [-0.3, -0.25) is 0 Å². The monoisotopic (exact) mass is 314 g/mol. The van der Waals surface area contributed by atoms with Crippen LogP contribution < -0.4 is 10.6 Å². The lowest BCUT2D eigenvalue weighted by Gasteiger charge is -2.09. The maximum atomic E-state index is 12.0. The molecule has 1 aromatic heterocycles. The first kappa shape index (κ1) is 14.0. The molecule has 0 spiro atoms. The van der Waals surface area contributed by atoms with E-state index in [-0.39, 0.29) is 6.03 Å². The number of nitrogens with one attached hydrogen (secondary N) is 2. The zero-order valence-electron chi connectivity index (χ0n) is 11.3. The highest BCUT2D eigenvalue weighted by molar-refractivity contribution is 6.30. The molecule has 1 heterocycles. The minimum absolute atomic E-state index is 0.351. The highest BCUT2D eigenvalue weighted by atomic mass is 35.5. The van der Waals surface area contributed by atoms with Crippen LogP contribution in [0.2, 0.25) is 5.02 Å². The van der Waals surface area contributed by atoms with Crippen molar-refractivity contribution in [3.8, 4) is 5.69 Å². The summed E-state index contributed by atoms with van der Waals surface area (Å²) < 4.78 is 1.50. The van der Waals surface area contributed by atoms with Crippen molar-refractivity contribution in [3.05, 3.63) is 59.9 Å². The molecule has 0 aliphatic carbocycles. The molecule has 0 saturated heterocycles. The van der Waals surface area contributed by atoms with Crippen molar-refractivity contribution in [1.82, 2.24) is 20.2 Å². The van der Waals surface area contributed by atoms with Gasteiger partial charge in [0.1, 0.15) is 6.33 Å². The molecule has 0 radical (unpaired) electrons. The van der Waals surface area contributed by atoms with Crippen LogP contribution in [-0.4, -0.2) is 26.2 Å². The minimum atomic E-state index is -0.351. The van der Waals surface area contributed by atoms with Crippen LogP contribution in [-0.2, 0) is 0 Å². The van der Waals surface area contributed by atoms with Crippen LogP contribution in [0.3, 0.4) is 0 Å². The Bertz CT molecular complexity index is 772. The fourth-order valence-corrected chi connectivity index (χ4v) is 1.96. The molecule has 3 aromatic rings. The molecule has 8 heteroatoms. The number of nitrogens with zero attached hydrogens (tertiary/aromatic N) is 4. The van der Waals surface area contributed by atoms with Gasteiger partial charge in [-0.15, -0.1) is 5.10 Å². The van der Waals surface area contributed by atoms with Crippen LogP contribution >= 0.6 is 11.6 Å². The molecule has 0 aliphatic heterocycles. The predicted molar refractivity (Wildman–Crippen MR) is 83.2 cm³/mol. The summed E-state index contributed by atoms with van der Waals surface area (Å²) >= 11 is 5.80. The van der Waals surface area contributed by atoms with E-state index in [1.54, 1.807) is 42.5 Å². The quantitative estimate of drug-likeness (QED) is 0.778. The summed E-state index contributed by atoms with van der Waals surface area (Å²) in [5, 5.41) is 17.0. The lowest BCUT2D eigenvalue weighted by molar-refractivity contribution is 0.262. The number of halogens is 1. The number of tetrazole rings is 1. The minimum Gasteiger partial charge on any atom is -0.308 e. The van der Waals surface area contributed by atoms with E-state index in [1.165, 1.54) is 11.0 Å². The Balaban J connectivity index is 1.69. The van der Waals surface area contributed by atoms with Crippen molar-refractivity contribution in [3.63, 3.8) is 0 Å². The van der Waals surface area contributed by atoms with E-state index < -0.39 is 0 Å². The summed E-state index contributed by atoms with van der Waals surface area (Å²) in [4.78, 5) is 12.0. The molecule has 0 unspecified atom stereocenters. The summed E-state index contributed by atoms with van der Waals surface area (Å²) in [6.07, 6.45) is 1.48. The fraction of sp³-hybridized carbons (Fsp3) is 0. The summed E-state index contributed by atoms with van der Waals surface area (Å²) in [5.41, 5.74) is 2.02. The molecule has 0 fully saturated rings. The molecule has 110 valence electrons. The molecule has 2 amide bonds. The maximum Gasteiger partial charge on any atom is 0.323 e. The SMILES string of the molecule is O=C(Nc1ccc(Cl)cc1)Nc1cccc(-n2cnnn2)c1. The van der Waals surface area contributed by atoms with Gasteiger partial charge < -0.3 is 10.6 Å². The summed E-state index contributed by atoms with van der Waals surface area (Å²) in [6.45, 7) is 0. The second-order valence-electron chi connectivity index (χ2n) is 4.39. The number of carbonyl (C=O) groups is 1. The average molecular weight is 315 g/mol. The molecule has 2 aromatic carbocycles. The van der Waals surface area contributed by atoms with Gasteiger partial charge in [-0.25, -0.2) is 9.48 Å². The summed E-state index contributed by atoms with van der Waals surface area (Å²) in [5.74, 6) is 0. The summed E-state index contributed by atoms with van der Waals surface area (Å²) in [7, 11) is 0. The largest absolute Gasteiger partial charge is 0.323 e. The Hall–Kier alpha value is -2.93. The average Bonchev–Trinajstić information content (AvgIpc) is 3.04. The number of hydrogen-bond acceptors (Lipinski definition) is 4. The van der Waals surface area contributed by atoms with Gasteiger partial charge in [-0.2, -0.15) is 0 Å². The van der Waals surface area contributed by atoms with Gasteiger partial charge in [0.2, 0.25) is 0 Å². The lowest BCUT2D eigenvalue weighted by Crippen LogP contribution is -2.19. The second kappa shape index (κ2) is 6.23. The Kier molecular flexibility index (Phi) is 3.97. The Morgan fingerprint density at radius 3 is 2.55 bits per heavy atom. The molecule has 0 aliphatic rings. The van der Waals surface area contributed by atoms with E-state index in [2.05, 4.69) is 26.2 Å². The van der Waals surface area contributed by atoms with Crippen molar-refractivity contribution in [1.29, 1.82) is 0 Å². The molecule has 3 rings (SSSR count). The first-order valence-electron chi connectivity index (χ1n) is 6.38. The topological polar surface area (TPSA) is 84.7 Å². The molecule has 2 N–H and O–H groups in total. The Morgan fingerprint density at radius 1 is 1.05 bits per heavy atom. The number of urea groups is 1. The second-order valence-corrected chi connectivity index (χ2v) is 4.83. The zero-order valence-corrected chi connectivity index (χ0v) is 12.0. The smallest absolute Gasteiger partial charge is 0.308 e. The van der Waals surface area contributed by atoms with Gasteiger partial charge >= 0.3 is 6.03 Å². The number of benzene rings is 2. The van der Waals surface area contributed by atoms with E-state index in [9.17, 15) is 4.79 Å². The zero-order chi connectivity index (χ0) is 15.4. The highest BCUT2D eigenvalue weighted by Crippen LogP contribution is 2.16. The highest BCUT2D eigenvalue weighted by Gasteiger charge is 2.04. The lowest BCUT2D eigenvalue weighted by atomic mass is 10.3. The van der Waals surface area contributed by atoms with Crippen LogP contribution in [0.4, 0.5) is 16.2 Å². The first-order valence-corrected chi connectivity index (χ1v) is 6.75. The third-order valence-electron chi connectivity index (χ3n) is 2.82. The van der Waals surface area contributed by atoms with Crippen molar-refractivity contribution in [2.24, 2.45) is 0 Å². The van der Waals surface area contributed by atoms with Crippen molar-refractivity contribution in [2.45, 2.75) is 0 Å². The number of carbonyl (C=O) groups excluding carboxylic acids is 1. The van der Waals surface area contributed by atoms with E-state index in [1.807, 2.05) is 6.07 Å². The van der Waals surface area contributed by atoms with Crippen molar-refractivity contribution < 1.29 is 4.79 Å². The number of hydrogen-bond donors (Lipinski definition) is 2. The Morgan fingerprint density at radius 2 is 1.82 bits per heavy atom. The van der Waals surface area contributed by atoms with Gasteiger partial charge in [-0.05, 0) is 52.9 Å². The van der Waals surface area contributed by atoms with Crippen LogP contribution in [0.15, 0.2) is 54.9 Å². The fourth-order valence-electron chi connectivity index (χ4n) is 1.83. The molecular formula is C14H11ClN6O. The van der Waals surface area contributed by atoms with Crippen LogP contribution in [0.5, 0.6) is 0 Å². The third-order valence-corrected chi connectivity index (χ3v) is 3.07. The van der Waals surface area contributed by atoms with Crippen molar-refractivity contribution >= 4 is 29.0 Å². The van der Waals surface area contributed by atoms with E-state index >= 15 is 0 Å². The first-order chi connectivity index (χ1) is 10.7. The molecule has 7 nitrogen and oxygen atoms in total. The van der Waals surface area contributed by atoms with Crippen LogP contribution in [0.1, 0.15) is 0 Å². The van der Waals surface area contributed by atoms with Crippen molar-refractivity contribution in [2.75, 3.05) is 10.6 Å². The predicted octanol–water partition coefficient (Wildman–Crippen LogP) is 2.96. The number of aromatic nitrogens is 4. The Labute approximate surface area is 130 Å². The number of amides is 2. The summed E-state index contributed by atoms with van der Waals surface area (Å²) in [6, 6.07) is 13.7. The molecule has 0 atom stereocenters. The van der Waals surface area contributed by atoms with Crippen LogP contribution in [0.25, 0.3) is 5.69 Å². The van der Waals surface area contributed by atoms with E-state index in [0.29, 0.717) is 16.4 Å². The third kappa shape index (κ3) is 3.39. The van der Waals surface area contributed by atoms with Gasteiger partial charge in [-0.1, -0.05) is 17.7 Å². The molecule has 0 saturated carbocycles. The van der Waals surface area contributed by atoms with Crippen LogP contribution in [0, 0.1) is 0 Å². The van der Waals surface area contributed by atoms with Gasteiger partial charge in [0.15, 0.2) is 0 Å². The van der Waals surface area contributed by atoms with Gasteiger partial charge in [0.25, 0.3) is 0 Å². The van der Waals surface area contributed by atoms with Gasteiger partial charge in [0, 0.05) is 16.4 Å². The van der Waals surface area contributed by atoms with Gasteiger partial charge in [0.05, 0.1) is 5.69 Å². The molecule has 0 bridgehead atoms. The normalized spacial score (nSPS) is 10.2. The standard InChI is InChI=1S/C14H11ClN6O/c15-10-4-6-11(7-5-10)17-14(22)18-12-2-1-3-13(8-12)21-9-16-19-20-21/h1-9H,(H2,17,18,22). The maximum absolute atomic E-state index is 12.0. The molecular weight excluding hydrogens is 304 g/mol.